The highest BCUT2D eigenvalue weighted by molar-refractivity contribution is 6.04. The van der Waals surface area contributed by atoms with Gasteiger partial charge in [-0.15, -0.1) is 0 Å². The highest BCUT2D eigenvalue weighted by Crippen LogP contribution is 2.24. The summed E-state index contributed by atoms with van der Waals surface area (Å²) in [4.78, 5) is 30.6. The summed E-state index contributed by atoms with van der Waals surface area (Å²) in [5.41, 5.74) is 1.43. The Hall–Kier alpha value is -4.07. The second-order valence-electron chi connectivity index (χ2n) is 9.99. The molecular weight excluding hydrogens is 482 g/mol. The van der Waals surface area contributed by atoms with Crippen LogP contribution in [-0.4, -0.2) is 48.3 Å². The highest BCUT2D eigenvalue weighted by Gasteiger charge is 2.21. The van der Waals surface area contributed by atoms with Crippen molar-refractivity contribution in [3.63, 3.8) is 0 Å². The summed E-state index contributed by atoms with van der Waals surface area (Å²) >= 11 is 0. The SMILES string of the molecule is CC(C)CCOc1ccc(C(=O)Nc2ccc(N3CCC(COc4cccc(C(=O)O)c4)CC3)nc2)cc1. The lowest BCUT2D eigenvalue weighted by Crippen LogP contribution is -2.36. The van der Waals surface area contributed by atoms with E-state index in [1.165, 1.54) is 0 Å². The standard InChI is InChI=1S/C30H35N3O5/c1-21(2)14-17-37-26-9-6-23(7-10-26)29(34)32-25-8-11-28(31-19-25)33-15-12-22(13-16-33)20-38-27-5-3-4-24(18-27)30(35)36/h3-11,18-19,21-22H,12-17,20H2,1-2H3,(H,32,34)(H,35,36). The van der Waals surface area contributed by atoms with Gasteiger partial charge in [-0.05, 0) is 85.7 Å². The average Bonchev–Trinajstić information content (AvgIpc) is 2.93. The molecule has 8 heteroatoms. The third kappa shape index (κ3) is 7.71. The van der Waals surface area contributed by atoms with E-state index in [4.69, 9.17) is 14.6 Å². The van der Waals surface area contributed by atoms with Crippen LogP contribution in [0.1, 0.15) is 53.8 Å². The van der Waals surface area contributed by atoms with Gasteiger partial charge in [0.15, 0.2) is 0 Å². The maximum absolute atomic E-state index is 12.6. The number of amides is 1. The normalized spacial score (nSPS) is 13.8. The Balaban J connectivity index is 1.22. The number of rotatable bonds is 11. The molecule has 0 spiro atoms. The molecule has 2 N–H and O–H groups in total. The van der Waals surface area contributed by atoms with E-state index in [9.17, 15) is 9.59 Å². The molecule has 8 nitrogen and oxygen atoms in total. The van der Waals surface area contributed by atoms with Gasteiger partial charge < -0.3 is 24.8 Å². The molecule has 0 saturated carbocycles. The number of aromatic carboxylic acids is 1. The number of pyridine rings is 1. The zero-order valence-electron chi connectivity index (χ0n) is 21.9. The molecular formula is C30H35N3O5. The summed E-state index contributed by atoms with van der Waals surface area (Å²) in [5, 5.41) is 12.0. The van der Waals surface area contributed by atoms with Crippen LogP contribution < -0.4 is 19.7 Å². The summed E-state index contributed by atoms with van der Waals surface area (Å²) in [5.74, 6) is 2.04. The number of nitrogens with one attached hydrogen (secondary N) is 1. The van der Waals surface area contributed by atoms with E-state index in [1.807, 2.05) is 24.3 Å². The average molecular weight is 518 g/mol. The van der Waals surface area contributed by atoms with Gasteiger partial charge in [0.05, 0.1) is 30.7 Å². The van der Waals surface area contributed by atoms with E-state index >= 15 is 0 Å². The van der Waals surface area contributed by atoms with Gasteiger partial charge in [0.25, 0.3) is 5.91 Å². The number of benzene rings is 2. The maximum Gasteiger partial charge on any atom is 0.335 e. The van der Waals surface area contributed by atoms with Crippen LogP contribution in [0.15, 0.2) is 66.9 Å². The number of nitrogens with zero attached hydrogens (tertiary/aromatic N) is 2. The monoisotopic (exact) mass is 517 g/mol. The number of carbonyl (C=O) groups excluding carboxylic acids is 1. The fraction of sp³-hybridized carbons (Fsp3) is 0.367. The highest BCUT2D eigenvalue weighted by atomic mass is 16.5. The predicted molar refractivity (Wildman–Crippen MR) is 147 cm³/mol. The van der Waals surface area contributed by atoms with E-state index in [2.05, 4.69) is 29.0 Å². The minimum absolute atomic E-state index is 0.192. The van der Waals surface area contributed by atoms with E-state index in [0.29, 0.717) is 42.0 Å². The van der Waals surface area contributed by atoms with E-state index < -0.39 is 5.97 Å². The summed E-state index contributed by atoms with van der Waals surface area (Å²) in [6, 6.07) is 17.5. The van der Waals surface area contributed by atoms with Crippen LogP contribution in [0.25, 0.3) is 0 Å². The largest absolute Gasteiger partial charge is 0.494 e. The number of carboxylic acids is 1. The number of piperidine rings is 1. The van der Waals surface area contributed by atoms with Gasteiger partial charge in [-0.25, -0.2) is 9.78 Å². The van der Waals surface area contributed by atoms with Gasteiger partial charge in [-0.2, -0.15) is 0 Å². The molecule has 0 unspecified atom stereocenters. The second-order valence-corrected chi connectivity index (χ2v) is 9.99. The Bertz CT molecular complexity index is 1200. The van der Waals surface area contributed by atoms with Crippen LogP contribution in [0.5, 0.6) is 11.5 Å². The zero-order valence-corrected chi connectivity index (χ0v) is 21.9. The molecule has 1 amide bonds. The van der Waals surface area contributed by atoms with E-state index in [0.717, 1.165) is 43.9 Å². The Labute approximate surface area is 223 Å². The van der Waals surface area contributed by atoms with Crippen LogP contribution in [0.3, 0.4) is 0 Å². The maximum atomic E-state index is 12.6. The van der Waals surface area contributed by atoms with Gasteiger partial charge >= 0.3 is 5.97 Å². The number of carbonyl (C=O) groups is 2. The number of aromatic nitrogens is 1. The fourth-order valence-corrected chi connectivity index (χ4v) is 4.23. The van der Waals surface area contributed by atoms with Crippen molar-refractivity contribution in [2.24, 2.45) is 11.8 Å². The Morgan fingerprint density at radius 1 is 1.00 bits per heavy atom. The minimum atomic E-state index is -0.960. The third-order valence-corrected chi connectivity index (χ3v) is 6.59. The number of hydrogen-bond donors (Lipinski definition) is 2. The molecule has 1 saturated heterocycles. The second kappa shape index (κ2) is 12.9. The van der Waals surface area contributed by atoms with Crippen LogP contribution in [0, 0.1) is 11.8 Å². The number of carboxylic acid groups (broad SMARTS) is 1. The van der Waals surface area contributed by atoms with E-state index in [1.54, 1.807) is 42.6 Å². The number of ether oxygens (including phenoxy) is 2. The summed E-state index contributed by atoms with van der Waals surface area (Å²) in [6.45, 7) is 7.24. The Morgan fingerprint density at radius 3 is 2.42 bits per heavy atom. The lowest BCUT2D eigenvalue weighted by Gasteiger charge is -2.32. The van der Waals surface area contributed by atoms with Crippen LogP contribution >= 0.6 is 0 Å². The molecule has 4 rings (SSSR count). The molecule has 200 valence electrons. The van der Waals surface area contributed by atoms with E-state index in [-0.39, 0.29) is 11.5 Å². The molecule has 3 aromatic rings. The molecule has 2 aromatic carbocycles. The molecule has 1 aliphatic heterocycles. The lowest BCUT2D eigenvalue weighted by molar-refractivity contribution is 0.0696. The van der Waals surface area contributed by atoms with Crippen molar-refractivity contribution in [1.82, 2.24) is 4.98 Å². The smallest absolute Gasteiger partial charge is 0.335 e. The number of hydrogen-bond acceptors (Lipinski definition) is 6. The molecule has 1 aromatic heterocycles. The molecule has 0 radical (unpaired) electrons. The lowest BCUT2D eigenvalue weighted by atomic mass is 9.98. The van der Waals surface area contributed by atoms with Crippen molar-refractivity contribution in [1.29, 1.82) is 0 Å². The Morgan fingerprint density at radius 2 is 1.76 bits per heavy atom. The van der Waals surface area contributed by atoms with Gasteiger partial charge in [-0.3, -0.25) is 4.79 Å². The third-order valence-electron chi connectivity index (χ3n) is 6.59. The van der Waals surface area contributed by atoms with Crippen molar-refractivity contribution >= 4 is 23.4 Å². The van der Waals surface area contributed by atoms with Gasteiger partial charge in [0.2, 0.25) is 0 Å². The van der Waals surface area contributed by atoms with Crippen LogP contribution in [0.2, 0.25) is 0 Å². The molecule has 38 heavy (non-hydrogen) atoms. The quantitative estimate of drug-likeness (QED) is 0.334. The minimum Gasteiger partial charge on any atom is -0.494 e. The summed E-state index contributed by atoms with van der Waals surface area (Å²) < 4.78 is 11.6. The molecule has 0 atom stereocenters. The number of anilines is 2. The first-order chi connectivity index (χ1) is 18.4. The van der Waals surface area contributed by atoms with Crippen molar-refractivity contribution in [2.75, 3.05) is 36.5 Å². The Kier molecular flexibility index (Phi) is 9.19. The van der Waals surface area contributed by atoms with Crippen molar-refractivity contribution in [3.05, 3.63) is 78.0 Å². The van der Waals surface area contributed by atoms with Crippen molar-refractivity contribution < 1.29 is 24.2 Å². The topological polar surface area (TPSA) is 101 Å². The van der Waals surface area contributed by atoms with Gasteiger partial charge in [-0.1, -0.05) is 19.9 Å². The zero-order chi connectivity index (χ0) is 26.9. The van der Waals surface area contributed by atoms with Crippen molar-refractivity contribution in [3.8, 4) is 11.5 Å². The molecule has 2 heterocycles. The van der Waals surface area contributed by atoms with Crippen LogP contribution in [-0.2, 0) is 0 Å². The summed E-state index contributed by atoms with van der Waals surface area (Å²) in [7, 11) is 0. The van der Waals surface area contributed by atoms with Crippen molar-refractivity contribution in [2.45, 2.75) is 33.1 Å². The van der Waals surface area contributed by atoms with Crippen LogP contribution in [0.4, 0.5) is 11.5 Å². The first-order valence-electron chi connectivity index (χ1n) is 13.1. The summed E-state index contributed by atoms with van der Waals surface area (Å²) in [6.07, 6.45) is 4.58. The predicted octanol–water partition coefficient (Wildman–Crippen LogP) is 5.75. The van der Waals surface area contributed by atoms with Gasteiger partial charge in [0, 0.05) is 18.7 Å². The first-order valence-corrected chi connectivity index (χ1v) is 13.1. The molecule has 1 aliphatic rings. The molecule has 0 aliphatic carbocycles. The molecule has 0 bridgehead atoms. The first kappa shape index (κ1) is 27.0. The molecule has 1 fully saturated rings. The van der Waals surface area contributed by atoms with Gasteiger partial charge in [0.1, 0.15) is 17.3 Å². The fourth-order valence-electron chi connectivity index (χ4n) is 4.23.